The summed E-state index contributed by atoms with van der Waals surface area (Å²) in [5.74, 6) is 0.107. The van der Waals surface area contributed by atoms with Crippen molar-refractivity contribution in [3.63, 3.8) is 0 Å². The van der Waals surface area contributed by atoms with Crippen LogP contribution in [0, 0.1) is 5.92 Å². The Morgan fingerprint density at radius 2 is 2.19 bits per heavy atom. The topological polar surface area (TPSA) is 74.2 Å². The van der Waals surface area contributed by atoms with E-state index in [1.165, 1.54) is 0 Å². The SMILES string of the molecule is CCC(C)C(O)CNC(C)CC(=O)Nc1cccnc1Cl. The Morgan fingerprint density at radius 3 is 2.81 bits per heavy atom. The number of hydrogen-bond acceptors (Lipinski definition) is 4. The summed E-state index contributed by atoms with van der Waals surface area (Å²) in [5, 5.41) is 16.1. The molecule has 0 fully saturated rings. The molecule has 0 bridgehead atoms. The first-order valence-electron chi connectivity index (χ1n) is 7.25. The van der Waals surface area contributed by atoms with Crippen molar-refractivity contribution in [2.75, 3.05) is 11.9 Å². The number of rotatable bonds is 8. The number of nitrogens with one attached hydrogen (secondary N) is 2. The molecule has 1 heterocycles. The normalized spacial score (nSPS) is 15.3. The first kappa shape index (κ1) is 17.9. The van der Waals surface area contributed by atoms with Crippen LogP contribution in [0.5, 0.6) is 0 Å². The highest BCUT2D eigenvalue weighted by Crippen LogP contribution is 2.17. The lowest BCUT2D eigenvalue weighted by Crippen LogP contribution is -2.38. The molecule has 1 rings (SSSR count). The van der Waals surface area contributed by atoms with E-state index >= 15 is 0 Å². The maximum absolute atomic E-state index is 11.9. The number of aromatic nitrogens is 1. The Morgan fingerprint density at radius 1 is 1.48 bits per heavy atom. The van der Waals surface area contributed by atoms with Crippen LogP contribution in [0.4, 0.5) is 5.69 Å². The number of nitrogens with zero attached hydrogens (tertiary/aromatic N) is 1. The zero-order valence-corrected chi connectivity index (χ0v) is 13.5. The predicted octanol–water partition coefficient (Wildman–Crippen LogP) is 2.45. The minimum atomic E-state index is -0.395. The zero-order valence-electron chi connectivity index (χ0n) is 12.8. The lowest BCUT2D eigenvalue weighted by atomic mass is 10.0. The molecule has 0 aliphatic rings. The Hall–Kier alpha value is -1.17. The summed E-state index contributed by atoms with van der Waals surface area (Å²) in [5.41, 5.74) is 0.510. The third kappa shape index (κ3) is 6.42. The molecular weight excluding hydrogens is 290 g/mol. The molecule has 0 spiro atoms. The van der Waals surface area contributed by atoms with E-state index in [2.05, 4.69) is 15.6 Å². The average Bonchev–Trinajstić information content (AvgIpc) is 2.46. The predicted molar refractivity (Wildman–Crippen MR) is 85.4 cm³/mol. The maximum Gasteiger partial charge on any atom is 0.226 e. The number of aliphatic hydroxyl groups excluding tert-OH is 1. The summed E-state index contributed by atoms with van der Waals surface area (Å²) in [6, 6.07) is 3.39. The molecule has 0 saturated carbocycles. The molecule has 1 aromatic heterocycles. The second kappa shape index (κ2) is 8.97. The molecule has 1 amide bonds. The van der Waals surface area contributed by atoms with Crippen LogP contribution in [-0.4, -0.2) is 34.7 Å². The molecule has 3 atom stereocenters. The van der Waals surface area contributed by atoms with Gasteiger partial charge in [0.15, 0.2) is 5.15 Å². The molecule has 5 nitrogen and oxygen atoms in total. The van der Waals surface area contributed by atoms with Gasteiger partial charge in [-0.2, -0.15) is 0 Å². The van der Waals surface area contributed by atoms with E-state index in [9.17, 15) is 9.90 Å². The maximum atomic E-state index is 11.9. The number of hydrogen-bond donors (Lipinski definition) is 3. The Labute approximate surface area is 131 Å². The monoisotopic (exact) mass is 313 g/mol. The van der Waals surface area contributed by atoms with Crippen LogP contribution in [-0.2, 0) is 4.79 Å². The summed E-state index contributed by atoms with van der Waals surface area (Å²) in [6.07, 6.45) is 2.40. The van der Waals surface area contributed by atoms with E-state index in [0.717, 1.165) is 6.42 Å². The van der Waals surface area contributed by atoms with Gasteiger partial charge >= 0.3 is 0 Å². The second-order valence-corrected chi connectivity index (χ2v) is 5.71. The third-order valence-electron chi connectivity index (χ3n) is 3.50. The fourth-order valence-corrected chi connectivity index (χ4v) is 1.99. The molecular formula is C15H24ClN3O2. The number of aliphatic hydroxyl groups is 1. The summed E-state index contributed by atoms with van der Waals surface area (Å²) in [7, 11) is 0. The molecule has 1 aromatic rings. The number of carbonyl (C=O) groups is 1. The van der Waals surface area contributed by atoms with E-state index in [1.54, 1.807) is 18.3 Å². The molecule has 0 saturated heterocycles. The van der Waals surface area contributed by atoms with Crippen molar-refractivity contribution in [3.05, 3.63) is 23.5 Å². The molecule has 0 aromatic carbocycles. The number of amides is 1. The van der Waals surface area contributed by atoms with Crippen molar-refractivity contribution in [2.24, 2.45) is 5.92 Å². The Bertz CT molecular complexity index is 456. The number of pyridine rings is 1. The van der Waals surface area contributed by atoms with Crippen LogP contribution in [0.25, 0.3) is 0 Å². The van der Waals surface area contributed by atoms with Gasteiger partial charge in [-0.05, 0) is 25.0 Å². The molecule has 0 aliphatic carbocycles. The summed E-state index contributed by atoms with van der Waals surface area (Å²) < 4.78 is 0. The van der Waals surface area contributed by atoms with Gasteiger partial charge in [-0.1, -0.05) is 31.9 Å². The summed E-state index contributed by atoms with van der Waals surface area (Å²) >= 11 is 5.88. The first-order chi connectivity index (χ1) is 9.93. The standard InChI is InChI=1S/C15H24ClN3O2/c1-4-10(2)13(20)9-18-11(3)8-14(21)19-12-6-5-7-17-15(12)16/h5-7,10-11,13,18,20H,4,8-9H2,1-3H3,(H,19,21). The van der Waals surface area contributed by atoms with Crippen molar-refractivity contribution in [2.45, 2.75) is 45.8 Å². The molecule has 118 valence electrons. The number of anilines is 1. The minimum absolute atomic E-state index is 0.0286. The van der Waals surface area contributed by atoms with E-state index in [1.807, 2.05) is 20.8 Å². The second-order valence-electron chi connectivity index (χ2n) is 5.36. The van der Waals surface area contributed by atoms with Crippen molar-refractivity contribution < 1.29 is 9.90 Å². The summed E-state index contributed by atoms with van der Waals surface area (Å²) in [6.45, 7) is 6.45. The van der Waals surface area contributed by atoms with Crippen molar-refractivity contribution in [1.29, 1.82) is 0 Å². The lowest BCUT2D eigenvalue weighted by molar-refractivity contribution is -0.116. The first-order valence-corrected chi connectivity index (χ1v) is 7.63. The van der Waals surface area contributed by atoms with Gasteiger partial charge in [-0.3, -0.25) is 4.79 Å². The quantitative estimate of drug-likeness (QED) is 0.644. The Kier molecular flexibility index (Phi) is 7.64. The van der Waals surface area contributed by atoms with Crippen molar-refractivity contribution in [3.8, 4) is 0 Å². The average molecular weight is 314 g/mol. The highest BCUT2D eigenvalue weighted by Gasteiger charge is 2.15. The van der Waals surface area contributed by atoms with Crippen LogP contribution >= 0.6 is 11.6 Å². The van der Waals surface area contributed by atoms with Crippen molar-refractivity contribution in [1.82, 2.24) is 10.3 Å². The van der Waals surface area contributed by atoms with E-state index in [-0.39, 0.29) is 23.0 Å². The van der Waals surface area contributed by atoms with E-state index < -0.39 is 6.10 Å². The molecule has 0 radical (unpaired) electrons. The van der Waals surface area contributed by atoms with Gasteiger partial charge in [0.2, 0.25) is 5.91 Å². The van der Waals surface area contributed by atoms with Crippen LogP contribution in [0.3, 0.4) is 0 Å². The minimum Gasteiger partial charge on any atom is -0.392 e. The van der Waals surface area contributed by atoms with E-state index in [0.29, 0.717) is 18.7 Å². The van der Waals surface area contributed by atoms with Crippen LogP contribution < -0.4 is 10.6 Å². The van der Waals surface area contributed by atoms with Gasteiger partial charge in [-0.15, -0.1) is 0 Å². The van der Waals surface area contributed by atoms with Crippen LogP contribution in [0.15, 0.2) is 18.3 Å². The zero-order chi connectivity index (χ0) is 15.8. The Balaban J connectivity index is 2.36. The fourth-order valence-electron chi connectivity index (χ4n) is 1.83. The van der Waals surface area contributed by atoms with Gasteiger partial charge in [0.25, 0.3) is 0 Å². The largest absolute Gasteiger partial charge is 0.392 e. The van der Waals surface area contributed by atoms with Gasteiger partial charge in [0.05, 0.1) is 11.8 Å². The third-order valence-corrected chi connectivity index (χ3v) is 3.80. The molecule has 6 heteroatoms. The fraction of sp³-hybridized carbons (Fsp3) is 0.600. The molecule has 3 N–H and O–H groups in total. The number of halogens is 1. The molecule has 21 heavy (non-hydrogen) atoms. The lowest BCUT2D eigenvalue weighted by Gasteiger charge is -2.20. The van der Waals surface area contributed by atoms with Gasteiger partial charge in [-0.25, -0.2) is 4.98 Å². The molecule has 3 unspecified atom stereocenters. The van der Waals surface area contributed by atoms with Crippen LogP contribution in [0.2, 0.25) is 5.15 Å². The highest BCUT2D eigenvalue weighted by atomic mass is 35.5. The smallest absolute Gasteiger partial charge is 0.226 e. The van der Waals surface area contributed by atoms with Gasteiger partial charge in [0.1, 0.15) is 0 Å². The van der Waals surface area contributed by atoms with Gasteiger partial charge in [0, 0.05) is 25.2 Å². The highest BCUT2D eigenvalue weighted by molar-refractivity contribution is 6.32. The molecule has 0 aliphatic heterocycles. The van der Waals surface area contributed by atoms with Crippen LogP contribution in [0.1, 0.15) is 33.6 Å². The number of carbonyl (C=O) groups excluding carboxylic acids is 1. The van der Waals surface area contributed by atoms with E-state index in [4.69, 9.17) is 11.6 Å². The van der Waals surface area contributed by atoms with Gasteiger partial charge < -0.3 is 15.7 Å². The summed E-state index contributed by atoms with van der Waals surface area (Å²) in [4.78, 5) is 15.8. The van der Waals surface area contributed by atoms with Crippen molar-refractivity contribution >= 4 is 23.2 Å².